The molecule has 0 unspecified atom stereocenters. The predicted octanol–water partition coefficient (Wildman–Crippen LogP) is 3.17. The highest BCUT2D eigenvalue weighted by atomic mass is 16.5. The smallest absolute Gasteiger partial charge is 0.373 e. The summed E-state index contributed by atoms with van der Waals surface area (Å²) in [4.78, 5) is 11.3. The number of hydrogen-bond acceptors (Lipinski definition) is 3. The van der Waals surface area contributed by atoms with E-state index in [0.29, 0.717) is 0 Å². The van der Waals surface area contributed by atoms with Gasteiger partial charge in [0, 0.05) is 5.39 Å². The van der Waals surface area contributed by atoms with E-state index in [9.17, 15) is 4.79 Å². The molecular formula is C13H14O3. The molecule has 0 aliphatic heterocycles. The van der Waals surface area contributed by atoms with Crippen molar-refractivity contribution in [1.29, 1.82) is 0 Å². The topological polar surface area (TPSA) is 39.4 Å². The highest BCUT2D eigenvalue weighted by molar-refractivity contribution is 5.92. The predicted molar refractivity (Wildman–Crippen MR) is 61.5 cm³/mol. The van der Waals surface area contributed by atoms with E-state index in [2.05, 4.69) is 17.7 Å². The molecule has 2 aromatic rings. The third kappa shape index (κ3) is 1.94. The van der Waals surface area contributed by atoms with Gasteiger partial charge in [-0.3, -0.25) is 0 Å². The second-order valence-electron chi connectivity index (χ2n) is 3.72. The Labute approximate surface area is 94.0 Å². The summed E-state index contributed by atoms with van der Waals surface area (Å²) in [6.07, 6.45) is 2.11. The second kappa shape index (κ2) is 4.39. The lowest BCUT2D eigenvalue weighted by atomic mass is 10.1. The normalized spacial score (nSPS) is 10.6. The van der Waals surface area contributed by atoms with Gasteiger partial charge in [0.25, 0.3) is 0 Å². The molecule has 0 fully saturated rings. The van der Waals surface area contributed by atoms with E-state index in [4.69, 9.17) is 4.42 Å². The van der Waals surface area contributed by atoms with Crippen LogP contribution in [0.2, 0.25) is 0 Å². The molecule has 1 heterocycles. The Bertz CT molecular complexity index is 511. The minimum absolute atomic E-state index is 0.256. The first-order valence-corrected chi connectivity index (χ1v) is 5.35. The molecule has 2 rings (SSSR count). The van der Waals surface area contributed by atoms with Crippen LogP contribution in [0.25, 0.3) is 11.0 Å². The molecule has 0 saturated heterocycles. The van der Waals surface area contributed by atoms with Crippen molar-refractivity contribution in [2.75, 3.05) is 7.11 Å². The molecule has 0 saturated carbocycles. The van der Waals surface area contributed by atoms with Crippen molar-refractivity contribution >= 4 is 16.9 Å². The molecule has 0 atom stereocenters. The summed E-state index contributed by atoms with van der Waals surface area (Å²) in [5.74, 6) is -0.181. The Kier molecular flexibility index (Phi) is 2.95. The Hall–Kier alpha value is -1.77. The van der Waals surface area contributed by atoms with Crippen LogP contribution in [0, 0.1) is 0 Å². The largest absolute Gasteiger partial charge is 0.463 e. The van der Waals surface area contributed by atoms with Gasteiger partial charge in [-0.25, -0.2) is 4.79 Å². The molecule has 3 heteroatoms. The van der Waals surface area contributed by atoms with Gasteiger partial charge >= 0.3 is 5.97 Å². The monoisotopic (exact) mass is 218 g/mol. The van der Waals surface area contributed by atoms with Crippen LogP contribution in [0.5, 0.6) is 0 Å². The van der Waals surface area contributed by atoms with E-state index in [1.165, 1.54) is 12.7 Å². The van der Waals surface area contributed by atoms with Crippen LogP contribution in [-0.2, 0) is 11.2 Å². The average Bonchev–Trinajstić information content (AvgIpc) is 2.71. The van der Waals surface area contributed by atoms with Crippen molar-refractivity contribution in [1.82, 2.24) is 0 Å². The molecule has 0 amide bonds. The number of methoxy groups -OCH3 is 1. The second-order valence-corrected chi connectivity index (χ2v) is 3.72. The summed E-state index contributed by atoms with van der Waals surface area (Å²) in [6.45, 7) is 2.13. The van der Waals surface area contributed by atoms with Gasteiger partial charge in [-0.05, 0) is 24.1 Å². The van der Waals surface area contributed by atoms with Crippen LogP contribution in [0.1, 0.15) is 29.5 Å². The minimum Gasteiger partial charge on any atom is -0.463 e. The van der Waals surface area contributed by atoms with Crippen LogP contribution in [-0.4, -0.2) is 13.1 Å². The number of esters is 1. The summed E-state index contributed by atoms with van der Waals surface area (Å²) in [5.41, 5.74) is 1.96. The third-order valence-corrected chi connectivity index (χ3v) is 2.51. The van der Waals surface area contributed by atoms with E-state index >= 15 is 0 Å². The third-order valence-electron chi connectivity index (χ3n) is 2.51. The molecular weight excluding hydrogens is 204 g/mol. The standard InChI is InChI=1S/C13H14O3/c1-3-4-9-5-6-10-8-12(13(14)15-2)16-11(10)7-9/h5-8H,3-4H2,1-2H3. The van der Waals surface area contributed by atoms with Crippen molar-refractivity contribution in [3.63, 3.8) is 0 Å². The lowest BCUT2D eigenvalue weighted by Gasteiger charge is -1.96. The Morgan fingerprint density at radius 3 is 2.88 bits per heavy atom. The molecule has 3 nitrogen and oxygen atoms in total. The maximum atomic E-state index is 11.3. The molecule has 0 spiro atoms. The average molecular weight is 218 g/mol. The summed E-state index contributed by atoms with van der Waals surface area (Å²) < 4.78 is 10.0. The zero-order chi connectivity index (χ0) is 11.5. The first kappa shape index (κ1) is 10.7. The number of hydrogen-bond donors (Lipinski definition) is 0. The zero-order valence-electron chi connectivity index (χ0n) is 9.45. The minimum atomic E-state index is -0.437. The van der Waals surface area contributed by atoms with E-state index in [1.54, 1.807) is 6.07 Å². The number of rotatable bonds is 3. The first-order chi connectivity index (χ1) is 7.74. The molecule has 84 valence electrons. The van der Waals surface area contributed by atoms with Gasteiger partial charge in [0.1, 0.15) is 5.58 Å². The lowest BCUT2D eigenvalue weighted by molar-refractivity contribution is 0.0567. The number of ether oxygens (including phenoxy) is 1. The van der Waals surface area contributed by atoms with Crippen LogP contribution >= 0.6 is 0 Å². The van der Waals surface area contributed by atoms with Crippen LogP contribution in [0.4, 0.5) is 0 Å². The van der Waals surface area contributed by atoms with Gasteiger partial charge in [0.15, 0.2) is 0 Å². The van der Waals surface area contributed by atoms with Crippen LogP contribution in [0.3, 0.4) is 0 Å². The van der Waals surface area contributed by atoms with Crippen molar-refractivity contribution in [2.24, 2.45) is 0 Å². The zero-order valence-corrected chi connectivity index (χ0v) is 9.45. The maximum Gasteiger partial charge on any atom is 0.373 e. The van der Waals surface area contributed by atoms with Gasteiger partial charge in [-0.15, -0.1) is 0 Å². The van der Waals surface area contributed by atoms with E-state index in [1.807, 2.05) is 12.1 Å². The van der Waals surface area contributed by atoms with Gasteiger partial charge in [0.05, 0.1) is 7.11 Å². The summed E-state index contributed by atoms with van der Waals surface area (Å²) in [6, 6.07) is 7.71. The summed E-state index contributed by atoms with van der Waals surface area (Å²) in [7, 11) is 1.35. The van der Waals surface area contributed by atoms with Gasteiger partial charge < -0.3 is 9.15 Å². The summed E-state index contributed by atoms with van der Waals surface area (Å²) >= 11 is 0. The highest BCUT2D eigenvalue weighted by Gasteiger charge is 2.12. The van der Waals surface area contributed by atoms with Crippen molar-refractivity contribution < 1.29 is 13.9 Å². The van der Waals surface area contributed by atoms with E-state index in [-0.39, 0.29) is 5.76 Å². The van der Waals surface area contributed by atoms with Crippen LogP contribution < -0.4 is 0 Å². The number of furan rings is 1. The fraction of sp³-hybridized carbons (Fsp3) is 0.308. The van der Waals surface area contributed by atoms with Crippen molar-refractivity contribution in [2.45, 2.75) is 19.8 Å². The molecule has 0 N–H and O–H groups in total. The van der Waals surface area contributed by atoms with Crippen molar-refractivity contribution in [3.8, 4) is 0 Å². The maximum absolute atomic E-state index is 11.3. The van der Waals surface area contributed by atoms with Gasteiger partial charge in [-0.1, -0.05) is 25.5 Å². The number of aryl methyl sites for hydroxylation is 1. The van der Waals surface area contributed by atoms with E-state index < -0.39 is 5.97 Å². The van der Waals surface area contributed by atoms with Crippen LogP contribution in [0.15, 0.2) is 28.7 Å². The first-order valence-electron chi connectivity index (χ1n) is 5.35. The van der Waals surface area contributed by atoms with E-state index in [0.717, 1.165) is 23.8 Å². The fourth-order valence-electron chi connectivity index (χ4n) is 1.72. The number of benzene rings is 1. The number of carbonyl (C=O) groups excluding carboxylic acids is 1. The molecule has 0 aliphatic carbocycles. The quantitative estimate of drug-likeness (QED) is 0.743. The molecule has 0 aliphatic rings. The fourth-order valence-corrected chi connectivity index (χ4v) is 1.72. The van der Waals surface area contributed by atoms with Gasteiger partial charge in [-0.2, -0.15) is 0 Å². The Morgan fingerprint density at radius 2 is 2.19 bits per heavy atom. The Morgan fingerprint density at radius 1 is 1.38 bits per heavy atom. The van der Waals surface area contributed by atoms with Gasteiger partial charge in [0.2, 0.25) is 5.76 Å². The highest BCUT2D eigenvalue weighted by Crippen LogP contribution is 2.21. The number of fused-ring (bicyclic) bond motifs is 1. The lowest BCUT2D eigenvalue weighted by Crippen LogP contribution is -1.97. The molecule has 0 radical (unpaired) electrons. The summed E-state index contributed by atoms with van der Waals surface area (Å²) in [5, 5.41) is 0.931. The van der Waals surface area contributed by atoms with Crippen molar-refractivity contribution in [3.05, 3.63) is 35.6 Å². The Balaban J connectivity index is 2.41. The molecule has 16 heavy (non-hydrogen) atoms. The molecule has 0 bridgehead atoms. The number of carbonyl (C=O) groups is 1. The molecule has 1 aromatic heterocycles. The molecule has 1 aromatic carbocycles. The SMILES string of the molecule is CCCc1ccc2cc(C(=O)OC)oc2c1.